The maximum Gasteiger partial charge on any atom is 0.306 e. The van der Waals surface area contributed by atoms with Crippen molar-refractivity contribution in [3.8, 4) is 0 Å². The predicted molar refractivity (Wildman–Crippen MR) is 252 cm³/mol. The second-order valence-electron chi connectivity index (χ2n) is 17.8. The van der Waals surface area contributed by atoms with Crippen molar-refractivity contribution in [3.63, 3.8) is 0 Å². The highest BCUT2D eigenvalue weighted by Crippen LogP contribution is 2.17. The average Bonchev–Trinajstić information content (AvgIpc) is 3.23. The number of unbranched alkanes of at least 4 members (excludes halogenated alkanes) is 35. The number of hydrogen-bond acceptors (Lipinski definition) is 6. The summed E-state index contributed by atoms with van der Waals surface area (Å²) in [4.78, 5) is 37.8. The normalized spacial score (nSPS) is 12.0. The molecule has 0 heterocycles. The molecule has 6 heteroatoms. The van der Waals surface area contributed by atoms with Crippen LogP contribution >= 0.6 is 0 Å². The molecule has 0 fully saturated rings. The summed E-state index contributed by atoms with van der Waals surface area (Å²) in [6.45, 7) is 6.61. The van der Waals surface area contributed by atoms with Gasteiger partial charge >= 0.3 is 17.9 Å². The second kappa shape index (κ2) is 48.8. The van der Waals surface area contributed by atoms with E-state index in [2.05, 4.69) is 32.9 Å². The molecule has 0 N–H and O–H groups in total. The summed E-state index contributed by atoms with van der Waals surface area (Å²) >= 11 is 0. The molecule has 0 aliphatic carbocycles. The summed E-state index contributed by atoms with van der Waals surface area (Å²) in [7, 11) is 0. The molecule has 1 unspecified atom stereocenters. The van der Waals surface area contributed by atoms with E-state index in [1.54, 1.807) is 0 Å². The van der Waals surface area contributed by atoms with Crippen molar-refractivity contribution < 1.29 is 28.6 Å². The molecule has 0 aromatic carbocycles. The summed E-state index contributed by atoms with van der Waals surface area (Å²) in [6, 6.07) is 0. The van der Waals surface area contributed by atoms with Crippen LogP contribution < -0.4 is 0 Å². The van der Waals surface area contributed by atoms with Crippen molar-refractivity contribution in [2.75, 3.05) is 13.2 Å². The average molecular weight is 833 g/mol. The van der Waals surface area contributed by atoms with E-state index in [1.807, 2.05) is 0 Å². The van der Waals surface area contributed by atoms with Gasteiger partial charge in [-0.3, -0.25) is 14.4 Å². The van der Waals surface area contributed by atoms with Crippen molar-refractivity contribution in [2.45, 2.75) is 297 Å². The Morgan fingerprint density at radius 1 is 0.322 bits per heavy atom. The fourth-order valence-electron chi connectivity index (χ4n) is 7.79. The number of hydrogen-bond donors (Lipinski definition) is 0. The van der Waals surface area contributed by atoms with Crippen LogP contribution in [0, 0.1) is 0 Å². The lowest BCUT2D eigenvalue weighted by Gasteiger charge is -2.18. The molecule has 348 valence electrons. The van der Waals surface area contributed by atoms with Gasteiger partial charge in [0.1, 0.15) is 13.2 Å². The molecule has 0 radical (unpaired) electrons. The first kappa shape index (κ1) is 57.1. The monoisotopic (exact) mass is 833 g/mol. The van der Waals surface area contributed by atoms with Crippen molar-refractivity contribution in [3.05, 3.63) is 12.2 Å². The van der Waals surface area contributed by atoms with Crippen LogP contribution in [0.15, 0.2) is 12.2 Å². The molecule has 0 bridgehead atoms. The van der Waals surface area contributed by atoms with Gasteiger partial charge < -0.3 is 14.2 Å². The van der Waals surface area contributed by atoms with Gasteiger partial charge in [0.15, 0.2) is 6.10 Å². The highest BCUT2D eigenvalue weighted by molar-refractivity contribution is 5.71. The van der Waals surface area contributed by atoms with Gasteiger partial charge in [0.05, 0.1) is 0 Å². The van der Waals surface area contributed by atoms with Gasteiger partial charge in [-0.1, -0.05) is 238 Å². The third kappa shape index (κ3) is 47.1. The highest BCUT2D eigenvalue weighted by Gasteiger charge is 2.19. The standard InChI is InChI=1S/C53H100O6/c1-4-7-10-13-16-19-21-23-24-25-26-27-28-29-30-31-33-34-37-40-43-46-52(55)58-49-50(48-57-51(54)45-42-39-36-18-15-12-9-6-3)59-53(56)47-44-41-38-35-32-22-20-17-14-11-8-5-2/h17,20,50H,4-16,18-19,21-49H2,1-3H3/b20-17-. The number of carbonyl (C=O) groups is 3. The fourth-order valence-corrected chi connectivity index (χ4v) is 7.79. The Kier molecular flexibility index (Phi) is 47.3. The van der Waals surface area contributed by atoms with Crippen LogP contribution in [0.2, 0.25) is 0 Å². The Labute approximate surface area is 367 Å². The second-order valence-corrected chi connectivity index (χ2v) is 17.8. The van der Waals surface area contributed by atoms with Crippen LogP contribution in [0.4, 0.5) is 0 Å². The van der Waals surface area contributed by atoms with E-state index < -0.39 is 6.10 Å². The zero-order valence-corrected chi connectivity index (χ0v) is 39.8. The summed E-state index contributed by atoms with van der Waals surface area (Å²) < 4.78 is 16.7. The van der Waals surface area contributed by atoms with Crippen LogP contribution in [0.1, 0.15) is 290 Å². The fraction of sp³-hybridized carbons (Fsp3) is 0.906. The molecular weight excluding hydrogens is 733 g/mol. The molecule has 0 aliphatic heterocycles. The van der Waals surface area contributed by atoms with Crippen LogP contribution in [0.25, 0.3) is 0 Å². The SMILES string of the molecule is CCCCC/C=C\CCCCCCCC(=O)OC(COC(=O)CCCCCCCCCC)COC(=O)CCCCCCCCCCCCCCCCCCCCCCC. The number of carbonyl (C=O) groups excluding carboxylic acids is 3. The minimum absolute atomic E-state index is 0.0686. The van der Waals surface area contributed by atoms with Crippen LogP contribution in [-0.2, 0) is 28.6 Å². The van der Waals surface area contributed by atoms with Gasteiger partial charge in [-0.05, 0) is 44.9 Å². The Hall–Kier alpha value is -1.85. The quantitative estimate of drug-likeness (QED) is 0.0263. The maximum atomic E-state index is 12.7. The lowest BCUT2D eigenvalue weighted by Crippen LogP contribution is -2.30. The first-order valence-corrected chi connectivity index (χ1v) is 26.2. The van der Waals surface area contributed by atoms with Gasteiger partial charge in [-0.15, -0.1) is 0 Å². The van der Waals surface area contributed by atoms with E-state index in [-0.39, 0.29) is 31.1 Å². The van der Waals surface area contributed by atoms with Gasteiger partial charge in [0.25, 0.3) is 0 Å². The summed E-state index contributed by atoms with van der Waals surface area (Å²) in [5.41, 5.74) is 0. The van der Waals surface area contributed by atoms with Crippen molar-refractivity contribution in [1.29, 1.82) is 0 Å². The topological polar surface area (TPSA) is 78.9 Å². The molecule has 0 saturated heterocycles. The van der Waals surface area contributed by atoms with E-state index in [9.17, 15) is 14.4 Å². The molecule has 1 atom stereocenters. The predicted octanol–water partition coefficient (Wildman–Crippen LogP) is 17.0. The molecule has 0 spiro atoms. The highest BCUT2D eigenvalue weighted by atomic mass is 16.6. The van der Waals surface area contributed by atoms with Gasteiger partial charge in [0, 0.05) is 19.3 Å². The van der Waals surface area contributed by atoms with E-state index in [0.29, 0.717) is 19.3 Å². The van der Waals surface area contributed by atoms with E-state index in [1.165, 1.54) is 186 Å². The Morgan fingerprint density at radius 3 is 0.881 bits per heavy atom. The van der Waals surface area contributed by atoms with E-state index >= 15 is 0 Å². The number of ether oxygens (including phenoxy) is 3. The molecule has 0 amide bonds. The first-order valence-electron chi connectivity index (χ1n) is 26.2. The molecule has 0 aliphatic rings. The van der Waals surface area contributed by atoms with Crippen molar-refractivity contribution >= 4 is 17.9 Å². The molecular formula is C53H100O6. The summed E-state index contributed by atoms with van der Waals surface area (Å²) in [6.07, 6.45) is 53.6. The maximum absolute atomic E-state index is 12.7. The third-order valence-electron chi connectivity index (χ3n) is 11.8. The van der Waals surface area contributed by atoms with Gasteiger partial charge in [0.2, 0.25) is 0 Å². The lowest BCUT2D eigenvalue weighted by molar-refractivity contribution is -0.167. The minimum atomic E-state index is -0.766. The van der Waals surface area contributed by atoms with Crippen LogP contribution in [0.5, 0.6) is 0 Å². The summed E-state index contributed by atoms with van der Waals surface area (Å²) in [5.74, 6) is -0.867. The Balaban J connectivity index is 4.16. The van der Waals surface area contributed by atoms with E-state index in [0.717, 1.165) is 64.2 Å². The lowest BCUT2D eigenvalue weighted by atomic mass is 10.0. The molecule has 0 aromatic rings. The number of allylic oxidation sites excluding steroid dienone is 2. The summed E-state index contributed by atoms with van der Waals surface area (Å²) in [5, 5.41) is 0. The Morgan fingerprint density at radius 2 is 0.559 bits per heavy atom. The molecule has 0 rings (SSSR count). The largest absolute Gasteiger partial charge is 0.462 e. The molecule has 0 aromatic heterocycles. The number of esters is 3. The molecule has 6 nitrogen and oxygen atoms in total. The first-order chi connectivity index (χ1) is 29.0. The molecule has 0 saturated carbocycles. The number of rotatable bonds is 48. The van der Waals surface area contributed by atoms with E-state index in [4.69, 9.17) is 14.2 Å². The van der Waals surface area contributed by atoms with Gasteiger partial charge in [-0.2, -0.15) is 0 Å². The zero-order valence-electron chi connectivity index (χ0n) is 39.8. The zero-order chi connectivity index (χ0) is 43.0. The Bertz CT molecular complexity index is 916. The minimum Gasteiger partial charge on any atom is -0.462 e. The van der Waals surface area contributed by atoms with Crippen LogP contribution in [0.3, 0.4) is 0 Å². The van der Waals surface area contributed by atoms with Crippen LogP contribution in [-0.4, -0.2) is 37.2 Å². The third-order valence-corrected chi connectivity index (χ3v) is 11.8. The van der Waals surface area contributed by atoms with Crippen molar-refractivity contribution in [2.24, 2.45) is 0 Å². The van der Waals surface area contributed by atoms with Crippen molar-refractivity contribution in [1.82, 2.24) is 0 Å². The van der Waals surface area contributed by atoms with Gasteiger partial charge in [-0.25, -0.2) is 0 Å². The molecule has 59 heavy (non-hydrogen) atoms. The smallest absolute Gasteiger partial charge is 0.306 e.